The number of benzene rings is 2. The Hall–Kier alpha value is -3.22. The number of carbonyl (C=O) groups is 2. The summed E-state index contributed by atoms with van der Waals surface area (Å²) in [6.07, 6.45) is -0.746. The molecular formula is C19H18FN3O3. The molecule has 0 saturated carbocycles. The lowest BCUT2D eigenvalue weighted by atomic mass is 10.1. The summed E-state index contributed by atoms with van der Waals surface area (Å²) in [6, 6.07) is 13.2. The van der Waals surface area contributed by atoms with E-state index in [2.05, 4.69) is 10.5 Å². The van der Waals surface area contributed by atoms with Gasteiger partial charge in [0.1, 0.15) is 5.82 Å². The van der Waals surface area contributed by atoms with E-state index < -0.39 is 11.9 Å². The normalized spacial score (nSPS) is 16.7. The first-order chi connectivity index (χ1) is 12.5. The number of hydrogen-bond donors (Lipinski definition) is 1. The number of oxime groups is 1. The topological polar surface area (TPSA) is 71.0 Å². The van der Waals surface area contributed by atoms with Gasteiger partial charge in [-0.05, 0) is 36.8 Å². The van der Waals surface area contributed by atoms with Crippen LogP contribution in [0.15, 0.2) is 53.7 Å². The van der Waals surface area contributed by atoms with E-state index in [9.17, 15) is 14.0 Å². The van der Waals surface area contributed by atoms with Gasteiger partial charge in [0.2, 0.25) is 12.0 Å². The lowest BCUT2D eigenvalue weighted by molar-refractivity contribution is -0.142. The van der Waals surface area contributed by atoms with Gasteiger partial charge in [-0.3, -0.25) is 14.5 Å². The number of rotatable bonds is 4. The van der Waals surface area contributed by atoms with E-state index in [-0.39, 0.29) is 29.8 Å². The minimum absolute atomic E-state index is 0.136. The minimum atomic E-state index is -0.746. The van der Waals surface area contributed by atoms with Crippen molar-refractivity contribution < 1.29 is 18.8 Å². The molecule has 26 heavy (non-hydrogen) atoms. The highest BCUT2D eigenvalue weighted by molar-refractivity contribution is 6.09. The molecule has 0 aliphatic carbocycles. The number of amidine groups is 1. The maximum Gasteiger partial charge on any atom is 0.272 e. The van der Waals surface area contributed by atoms with Gasteiger partial charge < -0.3 is 10.2 Å². The van der Waals surface area contributed by atoms with Crippen molar-refractivity contribution in [3.8, 4) is 0 Å². The highest BCUT2D eigenvalue weighted by atomic mass is 19.1. The zero-order chi connectivity index (χ0) is 18.7. The van der Waals surface area contributed by atoms with E-state index >= 15 is 0 Å². The molecule has 134 valence electrons. The third-order valence-corrected chi connectivity index (χ3v) is 3.90. The number of carbonyl (C=O) groups excluding carboxylic acids is 2. The Kier molecular flexibility index (Phi) is 4.97. The maximum atomic E-state index is 14.2. The molecule has 1 heterocycles. The monoisotopic (exact) mass is 355 g/mol. The van der Waals surface area contributed by atoms with E-state index in [1.807, 2.05) is 0 Å². The van der Waals surface area contributed by atoms with Gasteiger partial charge in [0.05, 0.1) is 12.1 Å². The summed E-state index contributed by atoms with van der Waals surface area (Å²) in [5, 5.41) is 6.63. The van der Waals surface area contributed by atoms with Gasteiger partial charge in [-0.15, -0.1) is 0 Å². The van der Waals surface area contributed by atoms with Crippen LogP contribution in [0.1, 0.15) is 25.0 Å². The average molecular weight is 355 g/mol. The Balaban J connectivity index is 1.88. The zero-order valence-corrected chi connectivity index (χ0v) is 14.4. The van der Waals surface area contributed by atoms with Gasteiger partial charge in [-0.2, -0.15) is 0 Å². The van der Waals surface area contributed by atoms with Crippen molar-refractivity contribution in [2.75, 3.05) is 5.32 Å². The smallest absolute Gasteiger partial charge is 0.272 e. The number of amides is 2. The first-order valence-corrected chi connectivity index (χ1v) is 8.12. The van der Waals surface area contributed by atoms with Crippen molar-refractivity contribution in [2.45, 2.75) is 26.5 Å². The molecule has 0 saturated heterocycles. The van der Waals surface area contributed by atoms with Crippen molar-refractivity contribution in [1.82, 2.24) is 4.90 Å². The van der Waals surface area contributed by atoms with Crippen LogP contribution in [-0.2, 0) is 21.0 Å². The minimum Gasteiger partial charge on any atom is -0.381 e. The number of nitrogens with one attached hydrogen (secondary N) is 1. The van der Waals surface area contributed by atoms with Crippen molar-refractivity contribution >= 4 is 23.3 Å². The summed E-state index contributed by atoms with van der Waals surface area (Å²) < 4.78 is 14.2. The molecule has 1 atom stereocenters. The number of anilines is 1. The van der Waals surface area contributed by atoms with Crippen LogP contribution in [0.5, 0.6) is 0 Å². The van der Waals surface area contributed by atoms with Crippen molar-refractivity contribution in [2.24, 2.45) is 5.16 Å². The Bertz CT molecular complexity index is 865. The van der Waals surface area contributed by atoms with Crippen LogP contribution < -0.4 is 5.32 Å². The molecule has 0 aromatic heterocycles. The number of hydrogen-bond acceptors (Lipinski definition) is 4. The van der Waals surface area contributed by atoms with Crippen LogP contribution in [0.2, 0.25) is 0 Å². The largest absolute Gasteiger partial charge is 0.381 e. The fraction of sp³-hybridized carbons (Fsp3) is 0.211. The van der Waals surface area contributed by atoms with E-state index in [1.54, 1.807) is 49.4 Å². The summed E-state index contributed by atoms with van der Waals surface area (Å²) in [6.45, 7) is 3.23. The standard InChI is InChI=1S/C19H18FN3O3/c1-12-19(25)23(11-14-7-9-15(10-8-14)21-13(2)24)18(22-26-12)16-5-3-4-6-17(16)20/h3-10,12H,11H2,1-2H3,(H,21,24). The Morgan fingerprint density at radius 1 is 1.23 bits per heavy atom. The summed E-state index contributed by atoms with van der Waals surface area (Å²) in [5.74, 6) is -0.812. The molecule has 2 aromatic carbocycles. The molecule has 1 N–H and O–H groups in total. The molecule has 1 unspecified atom stereocenters. The van der Waals surface area contributed by atoms with Gasteiger partial charge in [0, 0.05) is 12.6 Å². The first kappa shape index (κ1) is 17.6. The van der Waals surface area contributed by atoms with E-state index in [1.165, 1.54) is 17.9 Å². The van der Waals surface area contributed by atoms with Crippen molar-refractivity contribution in [3.05, 3.63) is 65.5 Å². The first-order valence-electron chi connectivity index (χ1n) is 8.12. The SMILES string of the molecule is CC(=O)Nc1ccc(CN2C(=O)C(C)ON=C2c2ccccc2F)cc1. The number of nitrogens with zero attached hydrogens (tertiary/aromatic N) is 2. The van der Waals surface area contributed by atoms with Gasteiger partial charge in [-0.25, -0.2) is 4.39 Å². The fourth-order valence-electron chi connectivity index (χ4n) is 2.62. The molecule has 7 heteroatoms. The quantitative estimate of drug-likeness (QED) is 0.917. The van der Waals surface area contributed by atoms with Gasteiger partial charge in [0.15, 0.2) is 5.84 Å². The Morgan fingerprint density at radius 3 is 2.58 bits per heavy atom. The van der Waals surface area contributed by atoms with Crippen LogP contribution in [0.25, 0.3) is 0 Å². The van der Waals surface area contributed by atoms with Crippen LogP contribution in [0, 0.1) is 5.82 Å². The molecule has 0 radical (unpaired) electrons. The summed E-state index contributed by atoms with van der Waals surface area (Å²) in [4.78, 5) is 30.2. The summed E-state index contributed by atoms with van der Waals surface area (Å²) in [7, 11) is 0. The van der Waals surface area contributed by atoms with E-state index in [4.69, 9.17) is 4.84 Å². The molecule has 6 nitrogen and oxygen atoms in total. The van der Waals surface area contributed by atoms with Crippen LogP contribution in [0.4, 0.5) is 10.1 Å². The summed E-state index contributed by atoms with van der Waals surface area (Å²) in [5.41, 5.74) is 1.67. The molecule has 0 fully saturated rings. The predicted molar refractivity (Wildman–Crippen MR) is 94.8 cm³/mol. The molecule has 0 bridgehead atoms. The van der Waals surface area contributed by atoms with Gasteiger partial charge in [0.25, 0.3) is 5.91 Å². The molecule has 2 aromatic rings. The second kappa shape index (κ2) is 7.35. The highest BCUT2D eigenvalue weighted by Gasteiger charge is 2.32. The summed E-state index contributed by atoms with van der Waals surface area (Å²) >= 11 is 0. The van der Waals surface area contributed by atoms with E-state index in [0.717, 1.165) is 5.56 Å². The molecular weight excluding hydrogens is 337 g/mol. The molecule has 3 rings (SSSR count). The molecule has 1 aliphatic heterocycles. The Labute approximate surface area is 150 Å². The molecule has 1 aliphatic rings. The number of halogens is 1. The van der Waals surface area contributed by atoms with Crippen LogP contribution in [0.3, 0.4) is 0 Å². The zero-order valence-electron chi connectivity index (χ0n) is 14.4. The maximum absolute atomic E-state index is 14.2. The fourth-order valence-corrected chi connectivity index (χ4v) is 2.62. The second-order valence-corrected chi connectivity index (χ2v) is 5.94. The average Bonchev–Trinajstić information content (AvgIpc) is 2.61. The van der Waals surface area contributed by atoms with E-state index in [0.29, 0.717) is 5.69 Å². The molecule has 2 amide bonds. The van der Waals surface area contributed by atoms with Crippen molar-refractivity contribution in [1.29, 1.82) is 0 Å². The third kappa shape index (κ3) is 3.72. The second-order valence-electron chi connectivity index (χ2n) is 5.94. The van der Waals surface area contributed by atoms with Crippen molar-refractivity contribution in [3.63, 3.8) is 0 Å². The third-order valence-electron chi connectivity index (χ3n) is 3.90. The van der Waals surface area contributed by atoms with Crippen LogP contribution in [-0.4, -0.2) is 28.7 Å². The van der Waals surface area contributed by atoms with Gasteiger partial charge in [-0.1, -0.05) is 29.4 Å². The Morgan fingerprint density at radius 2 is 1.92 bits per heavy atom. The predicted octanol–water partition coefficient (Wildman–Crippen LogP) is 2.89. The highest BCUT2D eigenvalue weighted by Crippen LogP contribution is 2.20. The lowest BCUT2D eigenvalue weighted by Gasteiger charge is -2.30. The van der Waals surface area contributed by atoms with Gasteiger partial charge >= 0.3 is 0 Å². The lowest BCUT2D eigenvalue weighted by Crippen LogP contribution is -2.46. The molecule has 0 spiro atoms. The van der Waals surface area contributed by atoms with Crippen LogP contribution >= 0.6 is 0 Å².